The molecular formula is C20H24N2O4S. The van der Waals surface area contributed by atoms with Crippen molar-refractivity contribution in [2.24, 2.45) is 5.92 Å². The Bertz CT molecular complexity index is 937. The predicted octanol–water partition coefficient (Wildman–Crippen LogP) is 3.04. The molecule has 1 N–H and O–H groups in total. The standard InChI is InChI=1S/C20H24N2O4S/c1-14(2)20(23)21-17-5-4-15-10-11-22(13-16(15)12-17)27(24,25)19-8-6-18(26-3)7-9-19/h4-9,12,14H,10-11,13H2,1-3H3,(H,21,23). The Balaban J connectivity index is 1.82. The molecule has 0 atom stereocenters. The Morgan fingerprint density at radius 3 is 2.44 bits per heavy atom. The third-order valence-electron chi connectivity index (χ3n) is 4.67. The number of fused-ring (bicyclic) bond motifs is 1. The van der Waals surface area contributed by atoms with Gasteiger partial charge in [0.15, 0.2) is 0 Å². The van der Waals surface area contributed by atoms with Gasteiger partial charge in [-0.15, -0.1) is 0 Å². The quantitative estimate of drug-likeness (QED) is 0.854. The second-order valence-electron chi connectivity index (χ2n) is 6.89. The van der Waals surface area contributed by atoms with Crippen LogP contribution in [0.1, 0.15) is 25.0 Å². The lowest BCUT2D eigenvalue weighted by atomic mass is 10.0. The van der Waals surface area contributed by atoms with E-state index in [9.17, 15) is 13.2 Å². The molecule has 7 heteroatoms. The fraction of sp³-hybridized carbons (Fsp3) is 0.350. The highest BCUT2D eigenvalue weighted by atomic mass is 32.2. The zero-order valence-electron chi connectivity index (χ0n) is 15.7. The van der Waals surface area contributed by atoms with Crippen molar-refractivity contribution in [1.29, 1.82) is 0 Å². The van der Waals surface area contributed by atoms with Gasteiger partial charge in [-0.25, -0.2) is 8.42 Å². The lowest BCUT2D eigenvalue weighted by Crippen LogP contribution is -2.36. The van der Waals surface area contributed by atoms with E-state index in [1.807, 2.05) is 32.0 Å². The number of carbonyl (C=O) groups is 1. The van der Waals surface area contributed by atoms with E-state index in [1.54, 1.807) is 31.4 Å². The molecule has 0 spiro atoms. The van der Waals surface area contributed by atoms with Gasteiger partial charge in [0.25, 0.3) is 0 Å². The SMILES string of the molecule is COc1ccc(S(=O)(=O)N2CCc3ccc(NC(=O)C(C)C)cc3C2)cc1. The Labute approximate surface area is 160 Å². The fourth-order valence-electron chi connectivity index (χ4n) is 3.00. The Hall–Kier alpha value is -2.38. The molecule has 0 aromatic heterocycles. The summed E-state index contributed by atoms with van der Waals surface area (Å²) in [6.45, 7) is 4.38. The number of ether oxygens (including phenoxy) is 1. The first kappa shape index (κ1) is 19.4. The van der Waals surface area contributed by atoms with Gasteiger partial charge < -0.3 is 10.1 Å². The third-order valence-corrected chi connectivity index (χ3v) is 6.53. The van der Waals surface area contributed by atoms with Crippen LogP contribution in [0, 0.1) is 5.92 Å². The maximum atomic E-state index is 13.0. The lowest BCUT2D eigenvalue weighted by Gasteiger charge is -2.28. The summed E-state index contributed by atoms with van der Waals surface area (Å²) in [5.74, 6) is 0.435. The van der Waals surface area contributed by atoms with E-state index < -0.39 is 10.0 Å². The van der Waals surface area contributed by atoms with Gasteiger partial charge in [-0.3, -0.25) is 4.79 Å². The van der Waals surface area contributed by atoms with E-state index in [2.05, 4.69) is 5.32 Å². The molecule has 2 aromatic carbocycles. The van der Waals surface area contributed by atoms with Crippen molar-refractivity contribution in [3.8, 4) is 5.75 Å². The van der Waals surface area contributed by atoms with Gasteiger partial charge in [-0.05, 0) is 53.9 Å². The molecule has 1 aliphatic rings. The van der Waals surface area contributed by atoms with E-state index in [0.29, 0.717) is 24.4 Å². The van der Waals surface area contributed by atoms with E-state index in [-0.39, 0.29) is 23.3 Å². The maximum Gasteiger partial charge on any atom is 0.243 e. The van der Waals surface area contributed by atoms with Gasteiger partial charge in [0.05, 0.1) is 12.0 Å². The summed E-state index contributed by atoms with van der Waals surface area (Å²) in [4.78, 5) is 12.2. The van der Waals surface area contributed by atoms with E-state index >= 15 is 0 Å². The summed E-state index contributed by atoms with van der Waals surface area (Å²) in [7, 11) is -2.05. The molecule has 27 heavy (non-hydrogen) atoms. The van der Waals surface area contributed by atoms with Crippen LogP contribution in [-0.4, -0.2) is 32.3 Å². The number of nitrogens with zero attached hydrogens (tertiary/aromatic N) is 1. The summed E-state index contributed by atoms with van der Waals surface area (Å²) in [6.07, 6.45) is 0.642. The first-order chi connectivity index (χ1) is 12.8. The summed E-state index contributed by atoms with van der Waals surface area (Å²) < 4.78 is 32.5. The largest absolute Gasteiger partial charge is 0.497 e. The van der Waals surface area contributed by atoms with Crippen LogP contribution in [0.3, 0.4) is 0 Å². The number of amides is 1. The van der Waals surface area contributed by atoms with Gasteiger partial charge in [-0.1, -0.05) is 19.9 Å². The van der Waals surface area contributed by atoms with Crippen LogP contribution in [0.5, 0.6) is 5.75 Å². The van der Waals surface area contributed by atoms with E-state index in [1.165, 1.54) is 4.31 Å². The summed E-state index contributed by atoms with van der Waals surface area (Å²) >= 11 is 0. The van der Waals surface area contributed by atoms with E-state index in [4.69, 9.17) is 4.74 Å². The van der Waals surface area contributed by atoms with Crippen molar-refractivity contribution < 1.29 is 17.9 Å². The van der Waals surface area contributed by atoms with Crippen molar-refractivity contribution in [3.63, 3.8) is 0 Å². The van der Waals surface area contributed by atoms with Crippen molar-refractivity contribution in [1.82, 2.24) is 4.31 Å². The first-order valence-corrected chi connectivity index (χ1v) is 10.3. The zero-order chi connectivity index (χ0) is 19.6. The van der Waals surface area contributed by atoms with Crippen LogP contribution in [0.15, 0.2) is 47.4 Å². The second-order valence-corrected chi connectivity index (χ2v) is 8.83. The highest BCUT2D eigenvalue weighted by Gasteiger charge is 2.28. The molecule has 0 fully saturated rings. The van der Waals surface area contributed by atoms with Gasteiger partial charge >= 0.3 is 0 Å². The van der Waals surface area contributed by atoms with Crippen LogP contribution in [0.2, 0.25) is 0 Å². The molecule has 1 heterocycles. The molecule has 144 valence electrons. The molecule has 1 aliphatic heterocycles. The minimum absolute atomic E-state index is 0.0616. The Morgan fingerprint density at radius 2 is 1.81 bits per heavy atom. The van der Waals surface area contributed by atoms with Crippen molar-refractivity contribution >= 4 is 21.6 Å². The molecule has 0 bridgehead atoms. The minimum Gasteiger partial charge on any atom is -0.497 e. The average Bonchev–Trinajstić information content (AvgIpc) is 2.67. The second kappa shape index (κ2) is 7.70. The number of sulfonamides is 1. The lowest BCUT2D eigenvalue weighted by molar-refractivity contribution is -0.118. The fourth-order valence-corrected chi connectivity index (χ4v) is 4.42. The van der Waals surface area contributed by atoms with Gasteiger partial charge in [0, 0.05) is 24.7 Å². The molecule has 0 unspecified atom stereocenters. The van der Waals surface area contributed by atoms with Crippen molar-refractivity contribution in [3.05, 3.63) is 53.6 Å². The number of anilines is 1. The number of carbonyl (C=O) groups excluding carboxylic acids is 1. The summed E-state index contributed by atoms with van der Waals surface area (Å²) in [5.41, 5.74) is 2.72. The average molecular weight is 388 g/mol. The number of benzene rings is 2. The van der Waals surface area contributed by atoms with Crippen LogP contribution >= 0.6 is 0 Å². The Kier molecular flexibility index (Phi) is 5.53. The van der Waals surface area contributed by atoms with Crippen LogP contribution in [0.4, 0.5) is 5.69 Å². The highest BCUT2D eigenvalue weighted by Crippen LogP contribution is 2.28. The van der Waals surface area contributed by atoms with Crippen molar-refractivity contribution in [2.45, 2.75) is 31.7 Å². The van der Waals surface area contributed by atoms with E-state index in [0.717, 1.165) is 11.1 Å². The van der Waals surface area contributed by atoms with Crippen molar-refractivity contribution in [2.75, 3.05) is 19.0 Å². The molecular weight excluding hydrogens is 364 g/mol. The third kappa shape index (κ3) is 4.14. The predicted molar refractivity (Wildman–Crippen MR) is 104 cm³/mol. The number of hydrogen-bond acceptors (Lipinski definition) is 4. The molecule has 2 aromatic rings. The number of nitrogens with one attached hydrogen (secondary N) is 1. The monoisotopic (exact) mass is 388 g/mol. The molecule has 3 rings (SSSR count). The summed E-state index contributed by atoms with van der Waals surface area (Å²) in [5, 5.41) is 2.87. The normalized spacial score (nSPS) is 14.7. The van der Waals surface area contributed by atoms with Gasteiger partial charge in [0.2, 0.25) is 15.9 Å². The zero-order valence-corrected chi connectivity index (χ0v) is 16.5. The highest BCUT2D eigenvalue weighted by molar-refractivity contribution is 7.89. The minimum atomic E-state index is -3.59. The molecule has 0 saturated heterocycles. The molecule has 0 radical (unpaired) electrons. The van der Waals surface area contributed by atoms with Gasteiger partial charge in [0.1, 0.15) is 5.75 Å². The first-order valence-electron chi connectivity index (χ1n) is 8.88. The maximum absolute atomic E-state index is 13.0. The molecule has 0 aliphatic carbocycles. The van der Waals surface area contributed by atoms with Crippen LogP contribution in [-0.2, 0) is 27.8 Å². The summed E-state index contributed by atoms with van der Waals surface area (Å²) in [6, 6.07) is 12.1. The smallest absolute Gasteiger partial charge is 0.243 e. The number of rotatable bonds is 5. The van der Waals surface area contributed by atoms with Crippen LogP contribution < -0.4 is 10.1 Å². The molecule has 1 amide bonds. The topological polar surface area (TPSA) is 75.7 Å². The number of methoxy groups -OCH3 is 1. The van der Waals surface area contributed by atoms with Crippen LogP contribution in [0.25, 0.3) is 0 Å². The molecule has 6 nitrogen and oxygen atoms in total. The van der Waals surface area contributed by atoms with Gasteiger partial charge in [-0.2, -0.15) is 4.31 Å². The Morgan fingerprint density at radius 1 is 1.11 bits per heavy atom. The molecule has 0 saturated carbocycles. The number of hydrogen-bond donors (Lipinski definition) is 1.